The molecule has 0 aliphatic rings. The van der Waals surface area contributed by atoms with E-state index in [2.05, 4.69) is 25.3 Å². The van der Waals surface area contributed by atoms with Crippen molar-refractivity contribution >= 4 is 68.4 Å². The van der Waals surface area contributed by atoms with Gasteiger partial charge < -0.3 is 0 Å². The molecule has 0 nitrogen and oxygen atoms in total. The monoisotopic (exact) mass is 236 g/mol. The first kappa shape index (κ1) is 11.1. The van der Waals surface area contributed by atoms with E-state index in [0.29, 0.717) is 0 Å². The summed E-state index contributed by atoms with van der Waals surface area (Å²) in [6, 6.07) is 0. The van der Waals surface area contributed by atoms with Crippen LogP contribution in [0.5, 0.6) is 0 Å². The second-order valence-corrected chi connectivity index (χ2v) is 7.63. The van der Waals surface area contributed by atoms with Crippen LogP contribution in [0.15, 0.2) is 0 Å². The highest BCUT2D eigenvalue weighted by atomic mass is 33.1. The van der Waals surface area contributed by atoms with E-state index in [1.165, 1.54) is 0 Å². The fourth-order valence-corrected chi connectivity index (χ4v) is 5.44. The maximum absolute atomic E-state index is 4.06. The van der Waals surface area contributed by atoms with Crippen molar-refractivity contribution in [3.05, 3.63) is 0 Å². The van der Waals surface area contributed by atoms with Crippen molar-refractivity contribution in [2.45, 2.75) is 0 Å². The molecule has 0 aromatic rings. The first-order chi connectivity index (χ1) is 4.41. The summed E-state index contributed by atoms with van der Waals surface area (Å²) in [7, 11) is 7.24. The molecule has 0 aromatic heterocycles. The third-order valence-corrected chi connectivity index (χ3v) is 6.94. The van der Waals surface area contributed by atoms with E-state index >= 15 is 0 Å². The lowest BCUT2D eigenvalue weighted by molar-refractivity contribution is 2.31. The molecule has 0 saturated heterocycles. The lowest BCUT2D eigenvalue weighted by Gasteiger charge is -1.94. The van der Waals surface area contributed by atoms with Crippen LogP contribution in [-0.2, 0) is 0 Å². The molecule has 0 bridgehead atoms. The number of hydrogen-bond acceptors (Lipinski definition) is 6. The van der Waals surface area contributed by atoms with Gasteiger partial charge in [0.1, 0.15) is 0 Å². The Bertz CT molecular complexity index is 41.6. The van der Waals surface area contributed by atoms with Gasteiger partial charge in [-0.3, -0.25) is 0 Å². The zero-order chi connectivity index (χ0) is 6.95. The first-order valence-corrected chi connectivity index (χ1v) is 8.36. The molecule has 56 valence electrons. The summed E-state index contributed by atoms with van der Waals surface area (Å²) in [5.41, 5.74) is 0. The molecule has 0 unspecified atom stereocenters. The minimum absolute atomic E-state index is 0.900. The van der Waals surface area contributed by atoms with Gasteiger partial charge in [0.2, 0.25) is 0 Å². The summed E-state index contributed by atoms with van der Waals surface area (Å²) in [5, 5.41) is 2.92. The lowest BCUT2D eigenvalue weighted by atomic mass is 11.9. The maximum atomic E-state index is 4.06. The van der Waals surface area contributed by atoms with Crippen LogP contribution in [0.2, 0.25) is 0 Å². The fraction of sp³-hybridized carbons (Fsp3) is 1.00. The van der Waals surface area contributed by atoms with Gasteiger partial charge in [-0.15, -0.1) is 0 Å². The minimum Gasteiger partial charge on any atom is -0.167 e. The predicted molar refractivity (Wildman–Crippen MR) is 62.9 cm³/mol. The standard InChI is InChI=1S/C3H8S6/c4-1-6-8-3-9-7-2-5/h4-5H,1-3H2. The lowest BCUT2D eigenvalue weighted by Crippen LogP contribution is -1.60. The van der Waals surface area contributed by atoms with Crippen molar-refractivity contribution in [2.24, 2.45) is 0 Å². The van der Waals surface area contributed by atoms with E-state index < -0.39 is 0 Å². The highest BCUT2D eigenvalue weighted by Gasteiger charge is 1.87. The molecule has 0 aromatic carbocycles. The Morgan fingerprint density at radius 3 is 1.56 bits per heavy atom. The van der Waals surface area contributed by atoms with Gasteiger partial charge >= 0.3 is 0 Å². The molecule has 9 heavy (non-hydrogen) atoms. The summed E-state index contributed by atoms with van der Waals surface area (Å²) in [4.78, 5) is 0. The van der Waals surface area contributed by atoms with Crippen LogP contribution in [-0.4, -0.2) is 15.3 Å². The number of rotatable bonds is 6. The summed E-state index contributed by atoms with van der Waals surface area (Å²) in [6.45, 7) is 0. The van der Waals surface area contributed by atoms with Crippen LogP contribution in [0.1, 0.15) is 0 Å². The van der Waals surface area contributed by atoms with Gasteiger partial charge in [0.15, 0.2) is 0 Å². The SMILES string of the molecule is SCSSCSSCS. The number of thiol groups is 2. The van der Waals surface area contributed by atoms with Crippen LogP contribution in [0.4, 0.5) is 0 Å². The zero-order valence-corrected chi connectivity index (χ0v) is 9.70. The normalized spacial score (nSPS) is 10.0. The fourth-order valence-electron chi connectivity index (χ4n) is 0.162. The minimum atomic E-state index is 0.900. The summed E-state index contributed by atoms with van der Waals surface area (Å²) >= 11 is 8.11. The molecule has 0 amide bonds. The van der Waals surface area contributed by atoms with Crippen LogP contribution >= 0.6 is 68.4 Å². The Kier molecular flexibility index (Phi) is 12.5. The molecule has 0 spiro atoms. The summed E-state index contributed by atoms with van der Waals surface area (Å²) < 4.78 is 0. The van der Waals surface area contributed by atoms with Gasteiger partial charge in [0.05, 0.1) is 5.08 Å². The van der Waals surface area contributed by atoms with E-state index in [9.17, 15) is 0 Å². The predicted octanol–water partition coefficient (Wildman–Crippen LogP) is 3.48. The molecule has 0 heterocycles. The molecular weight excluding hydrogens is 228 g/mol. The van der Waals surface area contributed by atoms with Crippen molar-refractivity contribution in [1.29, 1.82) is 0 Å². The molecule has 0 radical (unpaired) electrons. The van der Waals surface area contributed by atoms with E-state index in [1.807, 2.05) is 21.6 Å². The quantitative estimate of drug-likeness (QED) is 0.313. The largest absolute Gasteiger partial charge is 0.167 e. The molecule has 0 aliphatic carbocycles. The van der Waals surface area contributed by atoms with Gasteiger partial charge in [-0.2, -0.15) is 25.3 Å². The van der Waals surface area contributed by atoms with Crippen molar-refractivity contribution in [1.82, 2.24) is 0 Å². The molecule has 0 N–H and O–H groups in total. The van der Waals surface area contributed by atoms with Crippen LogP contribution in [0, 0.1) is 0 Å². The zero-order valence-electron chi connectivity index (χ0n) is 4.65. The summed E-state index contributed by atoms with van der Waals surface area (Å²) in [6.07, 6.45) is 0. The molecule has 0 fully saturated rings. The van der Waals surface area contributed by atoms with Gasteiger partial charge in [-0.1, -0.05) is 43.2 Å². The Morgan fingerprint density at radius 2 is 1.22 bits per heavy atom. The first-order valence-electron chi connectivity index (χ1n) is 2.12. The van der Waals surface area contributed by atoms with E-state index in [1.54, 1.807) is 21.6 Å². The molecule has 0 aliphatic heterocycles. The van der Waals surface area contributed by atoms with E-state index in [-0.39, 0.29) is 0 Å². The highest BCUT2D eigenvalue weighted by molar-refractivity contribution is 8.86. The Morgan fingerprint density at radius 1 is 0.778 bits per heavy atom. The van der Waals surface area contributed by atoms with Gasteiger partial charge in [-0.05, 0) is 0 Å². The Labute approximate surface area is 83.1 Å². The third-order valence-electron chi connectivity index (χ3n) is 0.368. The summed E-state index contributed by atoms with van der Waals surface area (Å²) in [5.74, 6) is 0. The Hall–Kier alpha value is 2.10. The van der Waals surface area contributed by atoms with E-state index in [4.69, 9.17) is 0 Å². The van der Waals surface area contributed by atoms with Crippen LogP contribution in [0.3, 0.4) is 0 Å². The molecule has 0 saturated carbocycles. The average Bonchev–Trinajstić information content (AvgIpc) is 1.89. The van der Waals surface area contributed by atoms with Crippen molar-refractivity contribution in [3.63, 3.8) is 0 Å². The highest BCUT2D eigenvalue weighted by Crippen LogP contribution is 2.32. The van der Waals surface area contributed by atoms with Crippen LogP contribution < -0.4 is 0 Å². The molecule has 0 rings (SSSR count). The van der Waals surface area contributed by atoms with Crippen molar-refractivity contribution in [2.75, 3.05) is 15.3 Å². The number of hydrogen-bond donors (Lipinski definition) is 2. The van der Waals surface area contributed by atoms with Gasteiger partial charge in [0, 0.05) is 10.2 Å². The maximum Gasteiger partial charge on any atom is 0.0600 e. The second-order valence-electron chi connectivity index (χ2n) is 0.847. The molecule has 0 atom stereocenters. The van der Waals surface area contributed by atoms with Gasteiger partial charge in [0.25, 0.3) is 0 Å². The van der Waals surface area contributed by atoms with E-state index in [0.717, 1.165) is 15.3 Å². The Balaban J connectivity index is 2.60. The average molecular weight is 236 g/mol. The van der Waals surface area contributed by atoms with Crippen molar-refractivity contribution < 1.29 is 0 Å². The molecule has 6 heteroatoms. The molecular formula is C3H8S6. The smallest absolute Gasteiger partial charge is 0.0600 e. The third kappa shape index (κ3) is 10.1. The van der Waals surface area contributed by atoms with Crippen molar-refractivity contribution in [3.8, 4) is 0 Å². The second kappa shape index (κ2) is 10.1. The van der Waals surface area contributed by atoms with Gasteiger partial charge in [-0.25, -0.2) is 0 Å². The topological polar surface area (TPSA) is 0 Å². The van der Waals surface area contributed by atoms with Crippen LogP contribution in [0.25, 0.3) is 0 Å².